The zero-order valence-electron chi connectivity index (χ0n) is 24.4. The molecule has 10 nitrogen and oxygen atoms in total. The minimum absolute atomic E-state index is 0.0650. The van der Waals surface area contributed by atoms with E-state index >= 15 is 0 Å². The number of piperidine rings is 1. The molecule has 5 heterocycles. The highest BCUT2D eigenvalue weighted by atomic mass is 35.5. The maximum absolute atomic E-state index is 14.8. The smallest absolute Gasteiger partial charge is 0.373 e. The number of oxazole rings is 1. The molecule has 0 aliphatic carbocycles. The number of aryl methyl sites for hydroxylation is 1. The van der Waals surface area contributed by atoms with Crippen LogP contribution in [-0.4, -0.2) is 56.3 Å². The van der Waals surface area contributed by atoms with Gasteiger partial charge in [-0.1, -0.05) is 23.7 Å². The minimum Gasteiger partial charge on any atom is -0.475 e. The van der Waals surface area contributed by atoms with Crippen molar-refractivity contribution in [2.75, 3.05) is 19.7 Å². The molecular weight excluding hydrogens is 591 g/mol. The van der Waals surface area contributed by atoms with Crippen LogP contribution >= 0.6 is 11.6 Å². The molecule has 0 radical (unpaired) electrons. The van der Waals surface area contributed by atoms with Crippen molar-refractivity contribution in [3.8, 4) is 23.1 Å². The molecule has 1 N–H and O–H groups in total. The van der Waals surface area contributed by atoms with E-state index < -0.39 is 17.6 Å². The minimum atomic E-state index is -1.29. The fourth-order valence-corrected chi connectivity index (χ4v) is 6.53. The highest BCUT2D eigenvalue weighted by Gasteiger charge is 2.43. The summed E-state index contributed by atoms with van der Waals surface area (Å²) in [4.78, 5) is 22.9. The lowest BCUT2D eigenvalue weighted by Gasteiger charge is -2.33. The van der Waals surface area contributed by atoms with E-state index in [4.69, 9.17) is 35.2 Å². The zero-order chi connectivity index (χ0) is 30.6. The normalized spacial score (nSPS) is 21.9. The van der Waals surface area contributed by atoms with Crippen LogP contribution in [0.4, 0.5) is 4.39 Å². The average Bonchev–Trinajstić information content (AvgIpc) is 3.66. The molecule has 4 aromatic rings. The Kier molecular flexibility index (Phi) is 7.34. The number of aromatic carboxylic acids is 1. The van der Waals surface area contributed by atoms with Gasteiger partial charge in [-0.25, -0.2) is 19.2 Å². The number of hydrogen-bond acceptors (Lipinski definition) is 8. The van der Waals surface area contributed by atoms with Crippen molar-refractivity contribution in [2.24, 2.45) is 0 Å². The number of ether oxygens (including phenoxy) is 3. The first-order valence-corrected chi connectivity index (χ1v) is 15.1. The van der Waals surface area contributed by atoms with Crippen LogP contribution < -0.4 is 9.47 Å². The quantitative estimate of drug-likeness (QED) is 0.247. The number of aromatic nitrogens is 3. The number of carboxylic acids is 1. The van der Waals surface area contributed by atoms with E-state index in [0.29, 0.717) is 40.9 Å². The van der Waals surface area contributed by atoms with E-state index in [1.807, 2.05) is 19.1 Å². The van der Waals surface area contributed by atoms with Crippen molar-refractivity contribution in [2.45, 2.75) is 64.0 Å². The van der Waals surface area contributed by atoms with Gasteiger partial charge in [-0.05, 0) is 69.5 Å². The van der Waals surface area contributed by atoms with Crippen molar-refractivity contribution < 1.29 is 32.9 Å². The van der Waals surface area contributed by atoms with Gasteiger partial charge in [0, 0.05) is 24.1 Å². The summed E-state index contributed by atoms with van der Waals surface area (Å²) in [6, 6.07) is 10.4. The Morgan fingerprint density at radius 1 is 1.18 bits per heavy atom. The van der Waals surface area contributed by atoms with Crippen molar-refractivity contribution in [1.29, 1.82) is 0 Å². The fraction of sp³-hybridized carbons (Fsp3) is 0.406. The third-order valence-corrected chi connectivity index (χ3v) is 8.98. The summed E-state index contributed by atoms with van der Waals surface area (Å²) in [5, 5.41) is 9.65. The first-order chi connectivity index (χ1) is 21.2. The summed E-state index contributed by atoms with van der Waals surface area (Å²) in [6.07, 6.45) is 4.03. The lowest BCUT2D eigenvalue weighted by Crippen LogP contribution is -2.35. The van der Waals surface area contributed by atoms with Gasteiger partial charge in [-0.3, -0.25) is 4.90 Å². The largest absolute Gasteiger partial charge is 0.475 e. The van der Waals surface area contributed by atoms with Gasteiger partial charge >= 0.3 is 5.97 Å². The monoisotopic (exact) mass is 622 g/mol. The summed E-state index contributed by atoms with van der Waals surface area (Å²) >= 11 is 5.97. The van der Waals surface area contributed by atoms with Gasteiger partial charge in [-0.15, -0.1) is 0 Å². The average molecular weight is 623 g/mol. The Labute approximate surface area is 258 Å². The summed E-state index contributed by atoms with van der Waals surface area (Å²) in [6.45, 7) is 7.21. The van der Waals surface area contributed by atoms with Crippen molar-refractivity contribution in [3.05, 3.63) is 81.8 Å². The SMILES string of the molecule is Cc1nc(CN2CCC(c3cccc4c3OC(C)(c3ccc(Cl)cc3F)O4)CC2)n(CC2CCO2)c1-c1ncc(C(=O)O)o1. The van der Waals surface area contributed by atoms with Crippen LogP contribution in [0.5, 0.6) is 11.5 Å². The number of fused-ring (bicyclic) bond motifs is 1. The molecule has 230 valence electrons. The molecule has 2 fully saturated rings. The molecule has 2 atom stereocenters. The molecule has 2 saturated heterocycles. The van der Waals surface area contributed by atoms with E-state index in [2.05, 4.69) is 20.5 Å². The second kappa shape index (κ2) is 11.2. The number of halogens is 2. The Bertz CT molecular complexity index is 1730. The fourth-order valence-electron chi connectivity index (χ4n) is 6.37. The predicted octanol–water partition coefficient (Wildman–Crippen LogP) is 6.15. The van der Waals surface area contributed by atoms with Crippen molar-refractivity contribution in [3.63, 3.8) is 0 Å². The molecule has 2 unspecified atom stereocenters. The standard InChI is InChI=1S/C32H32ClFN4O6/c1-18-28(30-35-15-26(42-30)31(39)40)38(16-21-10-13-41-21)27(36-18)17-37-11-8-19(9-12-37)22-4-3-5-25-29(22)44-32(2,43-25)23-7-6-20(33)14-24(23)34/h3-7,14-15,19,21H,8-13,16-17H2,1-2H3,(H,39,40). The molecule has 7 rings (SSSR count). The van der Waals surface area contributed by atoms with Gasteiger partial charge in [0.2, 0.25) is 11.7 Å². The number of hydrogen-bond donors (Lipinski definition) is 1. The van der Waals surface area contributed by atoms with E-state index in [0.717, 1.165) is 56.0 Å². The maximum atomic E-state index is 14.8. The lowest BCUT2D eigenvalue weighted by molar-refractivity contribution is -0.0712. The molecule has 0 spiro atoms. The summed E-state index contributed by atoms with van der Waals surface area (Å²) in [7, 11) is 0. The summed E-state index contributed by atoms with van der Waals surface area (Å²) < 4.78 is 40.7. The van der Waals surface area contributed by atoms with Crippen LogP contribution in [0.15, 0.2) is 47.0 Å². The zero-order valence-corrected chi connectivity index (χ0v) is 25.1. The molecule has 2 aromatic carbocycles. The lowest BCUT2D eigenvalue weighted by atomic mass is 9.88. The van der Waals surface area contributed by atoms with Gasteiger partial charge in [0.25, 0.3) is 5.79 Å². The number of nitrogens with zero attached hydrogens (tertiary/aromatic N) is 4. The van der Waals surface area contributed by atoms with Gasteiger partial charge < -0.3 is 28.3 Å². The van der Waals surface area contributed by atoms with Gasteiger partial charge in [-0.2, -0.15) is 0 Å². The van der Waals surface area contributed by atoms with E-state index in [1.165, 1.54) is 12.3 Å². The molecule has 2 aromatic heterocycles. The van der Waals surface area contributed by atoms with Gasteiger partial charge in [0.05, 0.1) is 36.6 Å². The van der Waals surface area contributed by atoms with Gasteiger partial charge in [0.1, 0.15) is 17.3 Å². The Balaban J connectivity index is 1.08. The Hall–Kier alpha value is -3.93. The molecule has 0 amide bonds. The second-order valence-electron chi connectivity index (χ2n) is 11.7. The summed E-state index contributed by atoms with van der Waals surface area (Å²) in [5.74, 6) is -0.552. The van der Waals surface area contributed by atoms with Crippen LogP contribution in [-0.2, 0) is 23.6 Å². The van der Waals surface area contributed by atoms with E-state index in [9.17, 15) is 14.3 Å². The summed E-state index contributed by atoms with van der Waals surface area (Å²) in [5.41, 5.74) is 2.75. The van der Waals surface area contributed by atoms with Crippen molar-refractivity contribution in [1.82, 2.24) is 19.4 Å². The third kappa shape index (κ3) is 5.22. The number of imidazole rings is 1. The van der Waals surface area contributed by atoms with Crippen LogP contribution in [0.1, 0.15) is 65.3 Å². The van der Waals surface area contributed by atoms with Crippen molar-refractivity contribution >= 4 is 17.6 Å². The van der Waals surface area contributed by atoms with Crippen LogP contribution in [0.3, 0.4) is 0 Å². The number of likely N-dealkylation sites (tertiary alicyclic amines) is 1. The van der Waals surface area contributed by atoms with Gasteiger partial charge in [0.15, 0.2) is 11.5 Å². The third-order valence-electron chi connectivity index (χ3n) is 8.74. The maximum Gasteiger partial charge on any atom is 0.373 e. The molecule has 12 heteroatoms. The number of benzene rings is 2. The number of rotatable bonds is 8. The number of carbonyl (C=O) groups is 1. The topological polar surface area (TPSA) is 112 Å². The van der Waals surface area contributed by atoms with Crippen LogP contribution in [0.2, 0.25) is 5.02 Å². The molecule has 44 heavy (non-hydrogen) atoms. The Morgan fingerprint density at radius 2 is 1.98 bits per heavy atom. The molecule has 0 saturated carbocycles. The van der Waals surface area contributed by atoms with Crippen LogP contribution in [0, 0.1) is 12.7 Å². The highest BCUT2D eigenvalue weighted by Crippen LogP contribution is 2.50. The second-order valence-corrected chi connectivity index (χ2v) is 12.1. The number of carboxylic acid groups (broad SMARTS) is 1. The first kappa shape index (κ1) is 28.8. The first-order valence-electron chi connectivity index (χ1n) is 14.7. The molecule has 3 aliphatic rings. The molecule has 0 bridgehead atoms. The highest BCUT2D eigenvalue weighted by molar-refractivity contribution is 6.30. The molecular formula is C32H32ClFN4O6. The van der Waals surface area contributed by atoms with E-state index in [-0.39, 0.29) is 23.7 Å². The van der Waals surface area contributed by atoms with Crippen LogP contribution in [0.25, 0.3) is 11.6 Å². The Morgan fingerprint density at radius 3 is 2.66 bits per heavy atom. The predicted molar refractivity (Wildman–Crippen MR) is 157 cm³/mol. The number of para-hydroxylation sites is 1. The molecule has 3 aliphatic heterocycles. The van der Waals surface area contributed by atoms with E-state index in [1.54, 1.807) is 19.1 Å².